The van der Waals surface area contributed by atoms with E-state index in [1.165, 1.54) is 11.1 Å². The summed E-state index contributed by atoms with van der Waals surface area (Å²) in [5.74, 6) is 0. The molecule has 1 nitrogen and oxygen atoms in total. The monoisotopic (exact) mass is 240 g/mol. The van der Waals surface area contributed by atoms with Crippen molar-refractivity contribution in [1.82, 2.24) is 0 Å². The third-order valence-corrected chi connectivity index (χ3v) is 6.48. The Kier molecular flexibility index (Phi) is 3.06. The van der Waals surface area contributed by atoms with Crippen molar-refractivity contribution >= 4 is 21.6 Å². The first-order valence-corrected chi connectivity index (χ1v) is 7.31. The van der Waals surface area contributed by atoms with Crippen LogP contribution in [0, 0.1) is 6.92 Å². The van der Waals surface area contributed by atoms with Crippen LogP contribution in [-0.4, -0.2) is 16.0 Å². The van der Waals surface area contributed by atoms with Gasteiger partial charge in [-0.15, -0.1) is 0 Å². The van der Waals surface area contributed by atoms with Crippen LogP contribution < -0.4 is 0 Å². The summed E-state index contributed by atoms with van der Waals surface area (Å²) in [6.45, 7) is 6.29. The molecule has 1 aromatic rings. The predicted molar refractivity (Wildman–Crippen MR) is 69.2 cm³/mol. The number of rotatable bonds is 1. The molecule has 1 fully saturated rings. The molecule has 0 aliphatic carbocycles. The van der Waals surface area contributed by atoms with Crippen molar-refractivity contribution in [3.63, 3.8) is 0 Å². The van der Waals surface area contributed by atoms with Gasteiger partial charge in [-0.3, -0.25) is 0 Å². The van der Waals surface area contributed by atoms with Crippen LogP contribution in [0.25, 0.3) is 0 Å². The smallest absolute Gasteiger partial charge is 0.0857 e. The molecule has 0 spiro atoms. The number of aliphatic hydroxyl groups excluding tert-OH is 1. The van der Waals surface area contributed by atoms with Gasteiger partial charge in [0, 0.05) is 4.75 Å². The third kappa shape index (κ3) is 2.19. The van der Waals surface area contributed by atoms with Crippen molar-refractivity contribution in [2.24, 2.45) is 0 Å². The van der Waals surface area contributed by atoms with Crippen LogP contribution in [-0.2, 0) is 0 Å². The summed E-state index contributed by atoms with van der Waals surface area (Å²) in [6, 6.07) is 8.47. The fourth-order valence-electron chi connectivity index (χ4n) is 1.64. The third-order valence-electron chi connectivity index (χ3n) is 2.77. The highest BCUT2D eigenvalue weighted by atomic mass is 33.1. The van der Waals surface area contributed by atoms with Crippen molar-refractivity contribution in [2.45, 2.75) is 36.9 Å². The standard InChI is InChI=1S/C12H16OS2/c1-8-4-6-9(7-5-8)10-11(13)12(2,3)15-14-10/h4-7,10-11,13H,1-3H3/t10-,11+/m1/s1. The Balaban J connectivity index is 2.23. The normalized spacial score (nSPS) is 29.3. The van der Waals surface area contributed by atoms with E-state index in [1.54, 1.807) is 21.6 Å². The molecule has 1 saturated heterocycles. The highest BCUT2D eigenvalue weighted by molar-refractivity contribution is 8.77. The summed E-state index contributed by atoms with van der Waals surface area (Å²) in [5, 5.41) is 10.4. The van der Waals surface area contributed by atoms with Crippen molar-refractivity contribution < 1.29 is 5.11 Å². The van der Waals surface area contributed by atoms with Crippen LogP contribution in [0.4, 0.5) is 0 Å². The van der Waals surface area contributed by atoms with E-state index in [1.807, 2.05) is 0 Å². The molecule has 1 N–H and O–H groups in total. The lowest BCUT2D eigenvalue weighted by atomic mass is 9.97. The molecule has 0 unspecified atom stereocenters. The van der Waals surface area contributed by atoms with E-state index in [-0.39, 0.29) is 16.1 Å². The van der Waals surface area contributed by atoms with Gasteiger partial charge in [0.15, 0.2) is 0 Å². The van der Waals surface area contributed by atoms with E-state index in [9.17, 15) is 5.11 Å². The Morgan fingerprint density at radius 3 is 2.27 bits per heavy atom. The topological polar surface area (TPSA) is 20.2 Å². The minimum absolute atomic E-state index is 0.0414. The number of hydrogen-bond acceptors (Lipinski definition) is 3. The molecule has 2 rings (SSSR count). The zero-order valence-corrected chi connectivity index (χ0v) is 10.9. The van der Waals surface area contributed by atoms with Gasteiger partial charge >= 0.3 is 0 Å². The Labute approximate surface area is 99.1 Å². The van der Waals surface area contributed by atoms with Crippen molar-refractivity contribution in [1.29, 1.82) is 0 Å². The molecule has 1 heterocycles. The largest absolute Gasteiger partial charge is 0.390 e. The number of aliphatic hydroxyl groups is 1. The molecule has 15 heavy (non-hydrogen) atoms. The van der Waals surface area contributed by atoms with Crippen molar-refractivity contribution in [3.8, 4) is 0 Å². The van der Waals surface area contributed by atoms with Crippen LogP contribution in [0.15, 0.2) is 24.3 Å². The van der Waals surface area contributed by atoms with E-state index in [0.29, 0.717) is 0 Å². The van der Waals surface area contributed by atoms with Crippen molar-refractivity contribution in [3.05, 3.63) is 35.4 Å². The van der Waals surface area contributed by atoms with Crippen LogP contribution in [0.2, 0.25) is 0 Å². The Morgan fingerprint density at radius 2 is 1.80 bits per heavy atom. The van der Waals surface area contributed by atoms with Gasteiger partial charge in [0.05, 0.1) is 11.4 Å². The van der Waals surface area contributed by atoms with Crippen LogP contribution >= 0.6 is 21.6 Å². The maximum atomic E-state index is 10.2. The number of benzene rings is 1. The molecule has 1 aliphatic heterocycles. The lowest BCUT2D eigenvalue weighted by Gasteiger charge is -2.23. The second kappa shape index (κ2) is 4.04. The summed E-state index contributed by atoms with van der Waals surface area (Å²) in [6.07, 6.45) is -0.268. The first kappa shape index (κ1) is 11.4. The molecular weight excluding hydrogens is 224 g/mol. The van der Waals surface area contributed by atoms with Gasteiger partial charge in [-0.25, -0.2) is 0 Å². The molecule has 0 amide bonds. The van der Waals surface area contributed by atoms with Gasteiger partial charge < -0.3 is 5.11 Å². The lowest BCUT2D eigenvalue weighted by Crippen LogP contribution is -2.31. The second-order valence-electron chi connectivity index (χ2n) is 4.56. The summed E-state index contributed by atoms with van der Waals surface area (Å²) < 4.78 is -0.0414. The highest BCUT2D eigenvalue weighted by Gasteiger charge is 2.43. The maximum Gasteiger partial charge on any atom is 0.0857 e. The first-order valence-electron chi connectivity index (χ1n) is 5.10. The van der Waals surface area contributed by atoms with Crippen LogP contribution in [0.1, 0.15) is 30.2 Å². The molecule has 0 radical (unpaired) electrons. The minimum Gasteiger partial charge on any atom is -0.390 e. The van der Waals surface area contributed by atoms with E-state index in [2.05, 4.69) is 45.0 Å². The van der Waals surface area contributed by atoms with Gasteiger partial charge in [0.25, 0.3) is 0 Å². The average Bonchev–Trinajstić information content (AvgIpc) is 2.45. The summed E-state index contributed by atoms with van der Waals surface area (Å²) in [5.41, 5.74) is 2.50. The van der Waals surface area contributed by atoms with Gasteiger partial charge in [0.1, 0.15) is 0 Å². The van der Waals surface area contributed by atoms with E-state index in [0.717, 1.165) is 0 Å². The SMILES string of the molecule is Cc1ccc([C@H]2SSC(C)(C)[C@H]2O)cc1. The molecule has 0 bridgehead atoms. The molecule has 1 aromatic carbocycles. The van der Waals surface area contributed by atoms with Gasteiger partial charge in [-0.2, -0.15) is 0 Å². The van der Waals surface area contributed by atoms with Gasteiger partial charge in [-0.05, 0) is 26.3 Å². The molecule has 2 atom stereocenters. The highest BCUT2D eigenvalue weighted by Crippen LogP contribution is 2.57. The fourth-order valence-corrected chi connectivity index (χ4v) is 5.02. The quantitative estimate of drug-likeness (QED) is 0.758. The van der Waals surface area contributed by atoms with Crippen molar-refractivity contribution in [2.75, 3.05) is 0 Å². The zero-order valence-electron chi connectivity index (χ0n) is 9.23. The summed E-state index contributed by atoms with van der Waals surface area (Å²) in [4.78, 5) is 0. The number of hydrogen-bond donors (Lipinski definition) is 1. The molecule has 0 aromatic heterocycles. The predicted octanol–water partition coefficient (Wildman–Crippen LogP) is 3.57. The van der Waals surface area contributed by atoms with E-state index >= 15 is 0 Å². The maximum absolute atomic E-state index is 10.2. The molecule has 3 heteroatoms. The Hall–Kier alpha value is -0.120. The Morgan fingerprint density at radius 1 is 1.20 bits per heavy atom. The fraction of sp³-hybridized carbons (Fsp3) is 0.500. The average molecular weight is 240 g/mol. The van der Waals surface area contributed by atoms with Crippen LogP contribution in [0.5, 0.6) is 0 Å². The second-order valence-corrected chi connectivity index (χ2v) is 7.56. The van der Waals surface area contributed by atoms with Gasteiger partial charge in [-0.1, -0.05) is 51.4 Å². The lowest BCUT2D eigenvalue weighted by molar-refractivity contribution is 0.143. The molecule has 1 aliphatic rings. The molecule has 0 saturated carbocycles. The molecular formula is C12H16OS2. The Bertz CT molecular complexity index is 345. The van der Waals surface area contributed by atoms with E-state index in [4.69, 9.17) is 0 Å². The zero-order chi connectivity index (χ0) is 11.1. The van der Waals surface area contributed by atoms with Crippen LogP contribution in [0.3, 0.4) is 0 Å². The van der Waals surface area contributed by atoms with E-state index < -0.39 is 0 Å². The summed E-state index contributed by atoms with van der Waals surface area (Å²) in [7, 11) is 3.56. The van der Waals surface area contributed by atoms with Gasteiger partial charge in [0.2, 0.25) is 0 Å². The first-order chi connectivity index (χ1) is 7.00. The number of aryl methyl sites for hydroxylation is 1. The minimum atomic E-state index is -0.268. The summed E-state index contributed by atoms with van der Waals surface area (Å²) >= 11 is 0. The molecule has 82 valence electrons.